The third-order valence-corrected chi connectivity index (χ3v) is 3.72. The lowest BCUT2D eigenvalue weighted by molar-refractivity contribution is 0.213. The molecule has 0 spiro atoms. The van der Waals surface area contributed by atoms with E-state index in [1.54, 1.807) is 20.4 Å². The highest BCUT2D eigenvalue weighted by molar-refractivity contribution is 14.0. The molecule has 0 bridgehead atoms. The quantitative estimate of drug-likeness (QED) is 0.370. The normalized spacial score (nSPS) is 11.9. The molecule has 26 heavy (non-hydrogen) atoms. The van der Waals surface area contributed by atoms with Gasteiger partial charge in [-0.25, -0.2) is 0 Å². The van der Waals surface area contributed by atoms with Gasteiger partial charge < -0.3 is 20.1 Å². The molecule has 0 aliphatic rings. The second-order valence-corrected chi connectivity index (χ2v) is 5.65. The second kappa shape index (κ2) is 11.6. The molecule has 0 radical (unpaired) electrons. The summed E-state index contributed by atoms with van der Waals surface area (Å²) in [4.78, 5) is 8.60. The molecule has 2 rings (SSSR count). The Hall–Kier alpha value is -2.03. The molecule has 0 aliphatic carbocycles. The summed E-state index contributed by atoms with van der Waals surface area (Å²) in [5.74, 6) is 2.16. The van der Waals surface area contributed by atoms with E-state index >= 15 is 0 Å². The van der Waals surface area contributed by atoms with Crippen LogP contribution in [0.5, 0.6) is 11.5 Å². The van der Waals surface area contributed by atoms with Gasteiger partial charge in [0.15, 0.2) is 17.5 Å². The minimum absolute atomic E-state index is 0. The summed E-state index contributed by atoms with van der Waals surface area (Å²) in [6.07, 6.45) is 1.75. The van der Waals surface area contributed by atoms with Gasteiger partial charge in [0.25, 0.3) is 0 Å². The second-order valence-electron chi connectivity index (χ2n) is 5.65. The van der Waals surface area contributed by atoms with Crippen molar-refractivity contribution >= 4 is 29.9 Å². The van der Waals surface area contributed by atoms with Gasteiger partial charge in [0.05, 0.1) is 25.9 Å². The predicted octanol–water partition coefficient (Wildman–Crippen LogP) is 3.15. The van der Waals surface area contributed by atoms with Crippen LogP contribution in [0.15, 0.2) is 47.6 Å². The molecule has 142 valence electrons. The van der Waals surface area contributed by atoms with E-state index in [9.17, 15) is 0 Å². The third-order valence-electron chi connectivity index (χ3n) is 3.72. The maximum absolute atomic E-state index is 5.93. The average Bonchev–Trinajstić information content (AvgIpc) is 2.63. The van der Waals surface area contributed by atoms with Crippen LogP contribution in [0.2, 0.25) is 0 Å². The Morgan fingerprint density at radius 1 is 1.15 bits per heavy atom. The smallest absolute Gasteiger partial charge is 0.191 e. The van der Waals surface area contributed by atoms with Gasteiger partial charge in [-0.15, -0.1) is 24.0 Å². The van der Waals surface area contributed by atoms with E-state index in [1.807, 2.05) is 50.2 Å². The Kier molecular flexibility index (Phi) is 9.79. The van der Waals surface area contributed by atoms with Crippen molar-refractivity contribution in [2.24, 2.45) is 4.99 Å². The molecule has 0 aliphatic heterocycles. The van der Waals surface area contributed by atoms with Crippen LogP contribution in [0.3, 0.4) is 0 Å². The van der Waals surface area contributed by atoms with Crippen molar-refractivity contribution in [3.05, 3.63) is 53.9 Å². The van der Waals surface area contributed by atoms with Gasteiger partial charge >= 0.3 is 0 Å². The number of halogens is 1. The van der Waals surface area contributed by atoms with Gasteiger partial charge in [0.1, 0.15) is 6.10 Å². The van der Waals surface area contributed by atoms with Crippen molar-refractivity contribution in [1.29, 1.82) is 0 Å². The number of aryl methyl sites for hydroxylation is 1. The van der Waals surface area contributed by atoms with Crippen molar-refractivity contribution in [2.75, 3.05) is 20.7 Å². The zero-order valence-electron chi connectivity index (χ0n) is 15.7. The molecule has 7 heteroatoms. The lowest BCUT2D eigenvalue weighted by Crippen LogP contribution is -2.41. The number of nitrogens with zero attached hydrogens (tertiary/aromatic N) is 2. The molecule has 0 fully saturated rings. The van der Waals surface area contributed by atoms with Crippen molar-refractivity contribution in [1.82, 2.24) is 15.6 Å². The number of ether oxygens (including phenoxy) is 2. The van der Waals surface area contributed by atoms with Crippen LogP contribution in [-0.4, -0.2) is 37.7 Å². The van der Waals surface area contributed by atoms with Crippen molar-refractivity contribution in [2.45, 2.75) is 26.5 Å². The number of aromatic nitrogens is 1. The first-order chi connectivity index (χ1) is 12.1. The van der Waals surface area contributed by atoms with E-state index in [0.29, 0.717) is 19.0 Å². The summed E-state index contributed by atoms with van der Waals surface area (Å²) in [6, 6.07) is 11.6. The molecule has 0 amide bonds. The predicted molar refractivity (Wildman–Crippen MR) is 116 cm³/mol. The largest absolute Gasteiger partial charge is 0.493 e. The molecule has 0 saturated carbocycles. The zero-order valence-corrected chi connectivity index (χ0v) is 18.0. The van der Waals surface area contributed by atoms with Gasteiger partial charge in [-0.2, -0.15) is 0 Å². The molecule has 6 nitrogen and oxygen atoms in total. The van der Waals surface area contributed by atoms with E-state index in [0.717, 1.165) is 22.8 Å². The first-order valence-corrected chi connectivity index (χ1v) is 8.28. The Morgan fingerprint density at radius 2 is 1.88 bits per heavy atom. The molecular formula is C19H27IN4O2. The first kappa shape index (κ1) is 22.0. The molecule has 1 aromatic heterocycles. The van der Waals surface area contributed by atoms with Gasteiger partial charge in [0, 0.05) is 13.2 Å². The van der Waals surface area contributed by atoms with E-state index < -0.39 is 0 Å². The summed E-state index contributed by atoms with van der Waals surface area (Å²) in [6.45, 7) is 5.27. The van der Waals surface area contributed by atoms with Crippen LogP contribution < -0.4 is 20.1 Å². The number of hydrogen-bond acceptors (Lipinski definition) is 4. The zero-order chi connectivity index (χ0) is 18.1. The Bertz CT molecular complexity index is 709. The SMILES string of the molecule is CN=C(NCc1ncccc1C)NCC(C)Oc1ccccc1OC.I. The lowest BCUT2D eigenvalue weighted by atomic mass is 10.2. The molecule has 2 N–H and O–H groups in total. The highest BCUT2D eigenvalue weighted by atomic mass is 127. The van der Waals surface area contributed by atoms with Gasteiger partial charge in [-0.05, 0) is 37.6 Å². The molecule has 1 heterocycles. The van der Waals surface area contributed by atoms with Gasteiger partial charge in [0.2, 0.25) is 0 Å². The number of guanidine groups is 1. The van der Waals surface area contributed by atoms with Crippen LogP contribution in [0, 0.1) is 6.92 Å². The minimum Gasteiger partial charge on any atom is -0.493 e. The van der Waals surface area contributed by atoms with Crippen LogP contribution in [0.4, 0.5) is 0 Å². The fraction of sp³-hybridized carbons (Fsp3) is 0.368. The summed E-state index contributed by atoms with van der Waals surface area (Å²) >= 11 is 0. The Balaban J connectivity index is 0.00000338. The third kappa shape index (κ3) is 6.70. The lowest BCUT2D eigenvalue weighted by Gasteiger charge is -2.19. The van der Waals surface area contributed by atoms with Crippen LogP contribution >= 0.6 is 24.0 Å². The van der Waals surface area contributed by atoms with E-state index in [4.69, 9.17) is 9.47 Å². The number of para-hydroxylation sites is 2. The molecule has 2 aromatic rings. The van der Waals surface area contributed by atoms with Crippen LogP contribution in [-0.2, 0) is 6.54 Å². The van der Waals surface area contributed by atoms with E-state index in [2.05, 4.69) is 20.6 Å². The number of nitrogens with one attached hydrogen (secondary N) is 2. The van der Waals surface area contributed by atoms with Crippen molar-refractivity contribution in [3.63, 3.8) is 0 Å². The summed E-state index contributed by atoms with van der Waals surface area (Å²) in [7, 11) is 3.38. The number of rotatable bonds is 7. The monoisotopic (exact) mass is 470 g/mol. The molecule has 1 atom stereocenters. The number of hydrogen-bond donors (Lipinski definition) is 2. The first-order valence-electron chi connectivity index (χ1n) is 8.28. The number of benzene rings is 1. The number of methoxy groups -OCH3 is 1. The van der Waals surface area contributed by atoms with Crippen LogP contribution in [0.25, 0.3) is 0 Å². The minimum atomic E-state index is -0.0496. The maximum atomic E-state index is 5.93. The average molecular weight is 470 g/mol. The summed E-state index contributed by atoms with van der Waals surface area (Å²) in [5, 5.41) is 6.53. The van der Waals surface area contributed by atoms with Crippen molar-refractivity contribution < 1.29 is 9.47 Å². The molecule has 1 unspecified atom stereocenters. The summed E-state index contributed by atoms with van der Waals surface area (Å²) in [5.41, 5.74) is 2.15. The van der Waals surface area contributed by atoms with Gasteiger partial charge in [-0.3, -0.25) is 9.98 Å². The fourth-order valence-electron chi connectivity index (χ4n) is 2.31. The highest BCUT2D eigenvalue weighted by Crippen LogP contribution is 2.26. The maximum Gasteiger partial charge on any atom is 0.191 e. The molecular weight excluding hydrogens is 443 g/mol. The molecule has 0 saturated heterocycles. The standard InChI is InChI=1S/C19H26N4O2.HI/c1-14-8-7-11-21-16(14)13-23-19(20-3)22-12-15(2)25-18-10-6-5-9-17(18)24-4;/h5-11,15H,12-13H2,1-4H3,(H2,20,22,23);1H. The number of pyridine rings is 1. The Morgan fingerprint density at radius 3 is 2.54 bits per heavy atom. The Labute approximate surface area is 172 Å². The topological polar surface area (TPSA) is 67.8 Å². The van der Waals surface area contributed by atoms with Crippen molar-refractivity contribution in [3.8, 4) is 11.5 Å². The van der Waals surface area contributed by atoms with E-state index in [-0.39, 0.29) is 30.1 Å². The molecule has 1 aromatic carbocycles. The fourth-order valence-corrected chi connectivity index (χ4v) is 2.31. The van der Waals surface area contributed by atoms with E-state index in [1.165, 1.54) is 0 Å². The highest BCUT2D eigenvalue weighted by Gasteiger charge is 2.09. The van der Waals surface area contributed by atoms with Gasteiger partial charge in [-0.1, -0.05) is 18.2 Å². The van der Waals surface area contributed by atoms with Crippen LogP contribution in [0.1, 0.15) is 18.2 Å². The summed E-state index contributed by atoms with van der Waals surface area (Å²) < 4.78 is 11.2. The number of aliphatic imine (C=N–C) groups is 1.